The third-order valence-corrected chi connectivity index (χ3v) is 7.37. The Labute approximate surface area is 227 Å². The zero-order valence-corrected chi connectivity index (χ0v) is 22.9. The lowest BCUT2D eigenvalue weighted by atomic mass is 10.0. The van der Waals surface area contributed by atoms with Gasteiger partial charge in [-0.3, -0.25) is 9.69 Å². The highest BCUT2D eigenvalue weighted by atomic mass is 35.5. The van der Waals surface area contributed by atoms with E-state index >= 15 is 0 Å². The van der Waals surface area contributed by atoms with E-state index < -0.39 is 11.9 Å². The molecule has 0 bridgehead atoms. The highest BCUT2D eigenvalue weighted by Crippen LogP contribution is 2.37. The van der Waals surface area contributed by atoms with E-state index in [4.69, 9.17) is 33.7 Å². The molecule has 0 saturated carbocycles. The van der Waals surface area contributed by atoms with Gasteiger partial charge in [-0.05, 0) is 63.6 Å². The van der Waals surface area contributed by atoms with Gasteiger partial charge in [-0.2, -0.15) is 0 Å². The van der Waals surface area contributed by atoms with Gasteiger partial charge in [0.1, 0.15) is 11.9 Å². The van der Waals surface area contributed by atoms with E-state index in [0.717, 1.165) is 24.2 Å². The Morgan fingerprint density at radius 2 is 1.70 bits per heavy atom. The first kappa shape index (κ1) is 27.2. The molecule has 37 heavy (non-hydrogen) atoms. The van der Waals surface area contributed by atoms with Crippen LogP contribution in [0.4, 0.5) is 10.2 Å². The Morgan fingerprint density at radius 3 is 2.32 bits per heavy atom. The summed E-state index contributed by atoms with van der Waals surface area (Å²) in [6.45, 7) is 11.4. The maximum Gasteiger partial charge on any atom is 0.253 e. The number of hydrogen-bond acceptors (Lipinski definition) is 5. The lowest BCUT2D eigenvalue weighted by Gasteiger charge is -2.42. The van der Waals surface area contributed by atoms with E-state index in [1.165, 1.54) is 12.1 Å². The minimum atomic E-state index is -0.672. The van der Waals surface area contributed by atoms with Gasteiger partial charge in [0.05, 0.1) is 5.02 Å². The third-order valence-electron chi connectivity index (χ3n) is 6.65. The molecule has 0 radical (unpaired) electrons. The first-order valence-corrected chi connectivity index (χ1v) is 12.9. The maximum atomic E-state index is 14.0. The number of nitrogens with zero attached hydrogens (tertiary/aromatic N) is 3. The number of ether oxygens (including phenoxy) is 1. The van der Waals surface area contributed by atoms with Crippen LogP contribution in [0.1, 0.15) is 49.7 Å². The van der Waals surface area contributed by atoms with Crippen LogP contribution in [0.5, 0.6) is 5.75 Å². The van der Waals surface area contributed by atoms with Crippen LogP contribution < -0.4 is 10.5 Å². The van der Waals surface area contributed by atoms with Crippen molar-refractivity contribution in [2.45, 2.75) is 39.3 Å². The molecule has 1 fully saturated rings. The van der Waals surface area contributed by atoms with Crippen LogP contribution in [0.3, 0.4) is 0 Å². The van der Waals surface area contributed by atoms with Crippen LogP contribution in [0.25, 0.3) is 11.1 Å². The molecule has 2 N–H and O–H groups in total. The average molecular weight is 545 g/mol. The van der Waals surface area contributed by atoms with Crippen molar-refractivity contribution in [2.75, 3.05) is 31.9 Å². The Balaban J connectivity index is 1.48. The highest BCUT2D eigenvalue weighted by Gasteiger charge is 2.28. The molecule has 6 nitrogen and oxygen atoms in total. The largest absolute Gasteiger partial charge is 0.482 e. The zero-order valence-electron chi connectivity index (χ0n) is 21.4. The van der Waals surface area contributed by atoms with Gasteiger partial charge in [0, 0.05) is 59.6 Å². The lowest BCUT2D eigenvalue weighted by molar-refractivity contribution is 0.0451. The first-order valence-electron chi connectivity index (χ1n) is 12.2. The molecule has 196 valence electrons. The molecule has 3 aromatic rings. The van der Waals surface area contributed by atoms with Crippen LogP contribution in [0, 0.1) is 5.82 Å². The summed E-state index contributed by atoms with van der Waals surface area (Å²) in [6, 6.07) is 11.8. The second-order valence-corrected chi connectivity index (χ2v) is 10.9. The topological polar surface area (TPSA) is 71.7 Å². The molecule has 1 atom stereocenters. The van der Waals surface area contributed by atoms with Crippen LogP contribution in [-0.2, 0) is 0 Å². The minimum absolute atomic E-state index is 0.0252. The number of aromatic nitrogens is 1. The fourth-order valence-electron chi connectivity index (χ4n) is 4.44. The van der Waals surface area contributed by atoms with Gasteiger partial charge in [-0.1, -0.05) is 35.3 Å². The predicted molar refractivity (Wildman–Crippen MR) is 147 cm³/mol. The standard InChI is InChI=1S/C28H31Cl2FN4O2/c1-17(24-21(29)9-10-22(31)25(24)30)37-23-15-20(16-33-26(23)32)18-5-7-19(8-6-18)27(36)34-11-13-35(14-12-34)28(2,3)4/h5-10,15-17H,11-14H2,1-4H3,(H2,32,33)/t17-/m1/s1. The molecule has 4 rings (SSSR count). The van der Waals surface area contributed by atoms with Crippen molar-refractivity contribution < 1.29 is 13.9 Å². The Kier molecular flexibility index (Phi) is 7.97. The first-order chi connectivity index (χ1) is 17.5. The normalized spacial score (nSPS) is 15.5. The van der Waals surface area contributed by atoms with Gasteiger partial charge < -0.3 is 15.4 Å². The molecule has 2 aromatic carbocycles. The van der Waals surface area contributed by atoms with Gasteiger partial charge in [-0.15, -0.1) is 0 Å². The summed E-state index contributed by atoms with van der Waals surface area (Å²) in [6.07, 6.45) is 0.964. The number of amides is 1. The second kappa shape index (κ2) is 10.9. The van der Waals surface area contributed by atoms with Gasteiger partial charge in [0.15, 0.2) is 11.6 Å². The molecular formula is C28H31Cl2FN4O2. The number of hydrogen-bond donors (Lipinski definition) is 1. The van der Waals surface area contributed by atoms with Gasteiger partial charge in [-0.25, -0.2) is 9.37 Å². The third kappa shape index (κ3) is 6.00. The summed E-state index contributed by atoms with van der Waals surface area (Å²) in [5.41, 5.74) is 8.72. The van der Waals surface area contributed by atoms with E-state index in [-0.39, 0.29) is 22.3 Å². The molecular weight excluding hydrogens is 514 g/mol. The van der Waals surface area contributed by atoms with Crippen molar-refractivity contribution in [1.29, 1.82) is 0 Å². The smallest absolute Gasteiger partial charge is 0.253 e. The van der Waals surface area contributed by atoms with E-state index in [0.29, 0.717) is 35.0 Å². The molecule has 9 heteroatoms. The SMILES string of the molecule is C[C@@H](Oc1cc(-c2ccc(C(=O)N3CCN(C(C)(C)C)CC3)cc2)cnc1N)c1c(Cl)ccc(F)c1Cl. The summed E-state index contributed by atoms with van der Waals surface area (Å²) < 4.78 is 20.0. The van der Waals surface area contributed by atoms with Crippen molar-refractivity contribution in [3.8, 4) is 16.9 Å². The van der Waals surface area contributed by atoms with E-state index in [9.17, 15) is 9.18 Å². The Morgan fingerprint density at radius 1 is 1.05 bits per heavy atom. The van der Waals surface area contributed by atoms with Crippen molar-refractivity contribution in [3.05, 3.63) is 75.7 Å². The fraction of sp³-hybridized carbons (Fsp3) is 0.357. The summed E-state index contributed by atoms with van der Waals surface area (Å²) >= 11 is 12.4. The average Bonchev–Trinajstić information content (AvgIpc) is 2.87. The number of nitrogen functional groups attached to an aromatic ring is 1. The van der Waals surface area contributed by atoms with E-state index in [1.807, 2.05) is 29.2 Å². The summed E-state index contributed by atoms with van der Waals surface area (Å²) in [5, 5.41) is 0.199. The van der Waals surface area contributed by atoms with Crippen LogP contribution in [-0.4, -0.2) is 52.4 Å². The summed E-state index contributed by atoms with van der Waals surface area (Å²) in [7, 11) is 0. The van der Waals surface area contributed by atoms with Gasteiger partial charge in [0.25, 0.3) is 5.91 Å². The maximum absolute atomic E-state index is 14.0. The number of benzene rings is 2. The summed E-state index contributed by atoms with van der Waals surface area (Å²) in [4.78, 5) is 21.6. The van der Waals surface area contributed by atoms with E-state index in [2.05, 4.69) is 30.7 Å². The lowest BCUT2D eigenvalue weighted by Crippen LogP contribution is -2.54. The van der Waals surface area contributed by atoms with Crippen molar-refractivity contribution in [3.63, 3.8) is 0 Å². The molecule has 2 heterocycles. The van der Waals surface area contributed by atoms with Crippen molar-refractivity contribution in [1.82, 2.24) is 14.8 Å². The number of anilines is 1. The molecule has 1 aliphatic rings. The zero-order chi connectivity index (χ0) is 26.9. The van der Waals surface area contributed by atoms with Crippen molar-refractivity contribution >= 4 is 34.9 Å². The number of rotatable bonds is 5. The quantitative estimate of drug-likeness (QED) is 0.372. The molecule has 0 spiro atoms. The molecule has 0 unspecified atom stereocenters. The van der Waals surface area contributed by atoms with Gasteiger partial charge in [0.2, 0.25) is 0 Å². The van der Waals surface area contributed by atoms with Gasteiger partial charge >= 0.3 is 0 Å². The molecule has 1 aromatic heterocycles. The van der Waals surface area contributed by atoms with Crippen molar-refractivity contribution in [2.24, 2.45) is 0 Å². The minimum Gasteiger partial charge on any atom is -0.482 e. The van der Waals surface area contributed by atoms with Crippen LogP contribution >= 0.6 is 23.2 Å². The number of carbonyl (C=O) groups excluding carboxylic acids is 1. The molecule has 1 aliphatic heterocycles. The fourth-order valence-corrected chi connectivity index (χ4v) is 5.12. The number of halogens is 3. The number of piperazine rings is 1. The number of carbonyl (C=O) groups is 1. The number of pyridine rings is 1. The Bertz CT molecular complexity index is 1290. The summed E-state index contributed by atoms with van der Waals surface area (Å²) in [5.74, 6) is -0.0574. The molecule has 0 aliphatic carbocycles. The number of nitrogens with two attached hydrogens (primary N) is 1. The monoisotopic (exact) mass is 544 g/mol. The Hall–Kier alpha value is -2.87. The van der Waals surface area contributed by atoms with Crippen LogP contribution in [0.2, 0.25) is 10.0 Å². The highest BCUT2D eigenvalue weighted by molar-refractivity contribution is 6.36. The second-order valence-electron chi connectivity index (χ2n) is 10.2. The molecule has 1 saturated heterocycles. The molecule has 1 amide bonds. The van der Waals surface area contributed by atoms with Crippen LogP contribution in [0.15, 0.2) is 48.7 Å². The predicted octanol–water partition coefficient (Wildman–Crippen LogP) is 6.47. The van der Waals surface area contributed by atoms with E-state index in [1.54, 1.807) is 19.2 Å².